The normalized spacial score (nSPS) is 12.9. The molecule has 0 bridgehead atoms. The van der Waals surface area contributed by atoms with Crippen molar-refractivity contribution in [2.75, 3.05) is 0 Å². The van der Waals surface area contributed by atoms with Gasteiger partial charge in [-0.2, -0.15) is 0 Å². The summed E-state index contributed by atoms with van der Waals surface area (Å²) < 4.78 is 28.8. The Balaban J connectivity index is 4.13. The van der Waals surface area contributed by atoms with Crippen molar-refractivity contribution < 1.29 is 26.0 Å². The first-order chi connectivity index (χ1) is 22.0. The molecule has 0 heterocycles. The van der Waals surface area contributed by atoms with Gasteiger partial charge in [0.25, 0.3) is 0 Å². The second-order valence-electron chi connectivity index (χ2n) is 16.8. The molecule has 0 aromatic rings. The number of unbranched alkanes of at least 4 members (excludes halogenated alkanes) is 24. The average Bonchev–Trinajstić information content (AvgIpc) is 2.96. The van der Waals surface area contributed by atoms with Crippen molar-refractivity contribution in [3.8, 4) is 0 Å². The quantitative estimate of drug-likeness (QED) is 0.0485. The Morgan fingerprint density at radius 1 is 0.326 bits per heavy atom. The summed E-state index contributed by atoms with van der Waals surface area (Å²) >= 11 is -4.72. The predicted octanol–water partition coefficient (Wildman–Crippen LogP) is 15.8. The minimum absolute atomic E-state index is 0.0478. The van der Waals surface area contributed by atoms with Gasteiger partial charge >= 0.3 is 217 Å². The molecule has 46 heavy (non-hydrogen) atoms. The van der Waals surface area contributed by atoms with E-state index in [0.717, 1.165) is 37.5 Å². The van der Waals surface area contributed by atoms with Crippen LogP contribution in [0.5, 0.6) is 0 Å². The van der Waals surface area contributed by atoms with Crippen LogP contribution in [0.15, 0.2) is 0 Å². The fourth-order valence-corrected chi connectivity index (χ4v) is 14.8. The molecular formula is C42H88O3Ti. The summed E-state index contributed by atoms with van der Waals surface area (Å²) in [5.74, 6) is 1.73. The molecule has 0 amide bonds. The molecule has 0 saturated heterocycles. The summed E-state index contributed by atoms with van der Waals surface area (Å²) in [7, 11) is 0. The van der Waals surface area contributed by atoms with Gasteiger partial charge in [-0.25, -0.2) is 0 Å². The van der Waals surface area contributed by atoms with Crippen LogP contribution in [0.3, 0.4) is 0 Å². The van der Waals surface area contributed by atoms with Crippen molar-refractivity contribution >= 4 is 0 Å². The predicted molar refractivity (Wildman–Crippen MR) is 202 cm³/mol. The van der Waals surface area contributed by atoms with E-state index in [1.54, 1.807) is 0 Å². The fraction of sp³-hybridized carbons (Fsp3) is 1.00. The minimum atomic E-state index is -4.72. The van der Waals surface area contributed by atoms with E-state index >= 15 is 0 Å². The number of hydrogen-bond donors (Lipinski definition) is 0. The maximum absolute atomic E-state index is 14.7. The van der Waals surface area contributed by atoms with Crippen LogP contribution in [-0.2, 0) is 26.0 Å². The molecule has 0 N–H and O–H groups in total. The Labute approximate surface area is 293 Å². The van der Waals surface area contributed by atoms with Gasteiger partial charge in [0.2, 0.25) is 0 Å². The van der Waals surface area contributed by atoms with Crippen LogP contribution in [0.4, 0.5) is 0 Å². The molecule has 0 aliphatic carbocycles. The van der Waals surface area contributed by atoms with Gasteiger partial charge in [0.15, 0.2) is 0 Å². The Morgan fingerprint density at radius 2 is 0.522 bits per heavy atom. The van der Waals surface area contributed by atoms with Gasteiger partial charge in [0.1, 0.15) is 0 Å². The molecule has 0 aromatic carbocycles. The molecule has 0 spiro atoms. The van der Waals surface area contributed by atoms with Crippen molar-refractivity contribution in [2.24, 2.45) is 11.8 Å². The summed E-state index contributed by atoms with van der Waals surface area (Å²) in [6, 6.07) is 0. The first-order valence-electron chi connectivity index (χ1n) is 21.2. The second kappa shape index (κ2) is 30.3. The Morgan fingerprint density at radius 3 is 0.717 bits per heavy atom. The zero-order valence-corrected chi connectivity index (χ0v) is 34.8. The molecule has 0 unspecified atom stereocenters. The first-order valence-corrected chi connectivity index (χ1v) is 25.3. The topological polar surface area (TPSA) is 35.5 Å². The van der Waals surface area contributed by atoms with Gasteiger partial charge in [-0.1, -0.05) is 66.2 Å². The van der Waals surface area contributed by atoms with Gasteiger partial charge in [-0.3, -0.25) is 0 Å². The van der Waals surface area contributed by atoms with Gasteiger partial charge in [-0.05, 0) is 11.8 Å². The third-order valence-electron chi connectivity index (χ3n) is 9.88. The summed E-state index contributed by atoms with van der Waals surface area (Å²) in [6.07, 6.45) is 37.4. The summed E-state index contributed by atoms with van der Waals surface area (Å²) in [4.78, 5) is 0. The third kappa shape index (κ3) is 30.5. The van der Waals surface area contributed by atoms with Crippen LogP contribution in [0.25, 0.3) is 0 Å². The monoisotopic (exact) mass is 689 g/mol. The number of rotatable bonds is 36. The van der Waals surface area contributed by atoms with Crippen molar-refractivity contribution in [3.05, 3.63) is 0 Å². The van der Waals surface area contributed by atoms with Crippen molar-refractivity contribution in [3.63, 3.8) is 0 Å². The van der Waals surface area contributed by atoms with E-state index in [4.69, 9.17) is 6.64 Å². The van der Waals surface area contributed by atoms with Crippen LogP contribution in [0, 0.1) is 11.8 Å². The third-order valence-corrected chi connectivity index (χ3v) is 17.1. The average molecular weight is 689 g/mol. The molecule has 3 nitrogen and oxygen atoms in total. The van der Waals surface area contributed by atoms with Crippen LogP contribution in [-0.4, -0.2) is 12.2 Å². The molecule has 0 atom stereocenters. The van der Waals surface area contributed by atoms with Gasteiger partial charge in [0.05, 0.1) is 0 Å². The van der Waals surface area contributed by atoms with Crippen LogP contribution >= 0.6 is 0 Å². The van der Waals surface area contributed by atoms with E-state index in [0.29, 0.717) is 9.45 Å². The first kappa shape index (κ1) is 46.4. The SMILES string of the molecule is CC(C)CCCCCCCCCCCCCC[CH2][Ti](=[O])([CH2]CCCCCCCCCCCCCCC(C)C)([O]C(C)C)[O]C(C)C. The molecular weight excluding hydrogens is 600 g/mol. The van der Waals surface area contributed by atoms with Gasteiger partial charge < -0.3 is 0 Å². The van der Waals surface area contributed by atoms with Crippen LogP contribution < -0.4 is 0 Å². The Hall–Kier alpha value is 0.434. The van der Waals surface area contributed by atoms with E-state index < -0.39 is 16.1 Å². The molecule has 0 saturated carbocycles. The van der Waals surface area contributed by atoms with E-state index in [-0.39, 0.29) is 12.2 Å². The zero-order valence-electron chi connectivity index (χ0n) is 33.2. The standard InChI is InChI=1S/2C18H37.2C3H7O.O.Ti/c2*1-4-5-6-7-8-9-10-11-12-13-14-15-16-17-18(2)3;2*1-3(2)4;;/h2*18H,1,4-17H2,2-3H3;2*3H,1-2H3;;/q;;2*-1;;+2. The number of hydrogen-bond acceptors (Lipinski definition) is 3. The van der Waals surface area contributed by atoms with Gasteiger partial charge in [0, 0.05) is 0 Å². The summed E-state index contributed by atoms with van der Waals surface area (Å²) in [6.45, 7) is 17.5. The van der Waals surface area contributed by atoms with E-state index in [2.05, 4.69) is 27.7 Å². The molecule has 0 radical (unpaired) electrons. The molecule has 0 aliphatic rings. The Kier molecular flexibility index (Phi) is 30.6. The van der Waals surface area contributed by atoms with Crippen molar-refractivity contribution in [1.82, 2.24) is 0 Å². The maximum atomic E-state index is 14.7. The molecule has 0 rings (SSSR count). The van der Waals surface area contributed by atoms with Crippen molar-refractivity contribution in [2.45, 2.75) is 257 Å². The van der Waals surface area contributed by atoms with Gasteiger partial charge in [-0.15, -0.1) is 0 Å². The molecule has 0 aromatic heterocycles. The summed E-state index contributed by atoms with van der Waals surface area (Å²) in [5.41, 5.74) is 0. The van der Waals surface area contributed by atoms with E-state index in [9.17, 15) is 3.32 Å². The summed E-state index contributed by atoms with van der Waals surface area (Å²) in [5, 5.41) is 0. The van der Waals surface area contributed by atoms with E-state index in [1.807, 2.05) is 27.7 Å². The molecule has 278 valence electrons. The van der Waals surface area contributed by atoms with Crippen LogP contribution in [0.2, 0.25) is 9.45 Å². The molecule has 4 heteroatoms. The van der Waals surface area contributed by atoms with Crippen LogP contribution in [0.1, 0.15) is 235 Å². The fourth-order valence-electron chi connectivity index (χ4n) is 7.37. The van der Waals surface area contributed by atoms with Crippen molar-refractivity contribution in [1.29, 1.82) is 0 Å². The second-order valence-corrected chi connectivity index (χ2v) is 23.3. The van der Waals surface area contributed by atoms with E-state index in [1.165, 1.54) is 154 Å². The zero-order chi connectivity index (χ0) is 34.4. The molecule has 0 aliphatic heterocycles. The molecule has 0 fully saturated rings. The Bertz CT molecular complexity index is 641.